The van der Waals surface area contributed by atoms with Crippen molar-refractivity contribution in [2.75, 3.05) is 33.9 Å². The molecule has 0 unspecified atom stereocenters. The van der Waals surface area contributed by atoms with Crippen molar-refractivity contribution in [2.24, 2.45) is 5.92 Å². The van der Waals surface area contributed by atoms with Crippen molar-refractivity contribution in [1.82, 2.24) is 9.21 Å². The summed E-state index contributed by atoms with van der Waals surface area (Å²) in [6.45, 7) is 4.12. The highest BCUT2D eigenvalue weighted by molar-refractivity contribution is 7.89. The van der Waals surface area contributed by atoms with Crippen LogP contribution in [-0.2, 0) is 21.4 Å². The lowest BCUT2D eigenvalue weighted by molar-refractivity contribution is -0.0146. The molecule has 0 fully saturated rings. The molecule has 1 N–H and O–H groups in total. The fraction of sp³-hybridized carbons (Fsp3) is 0.367. The van der Waals surface area contributed by atoms with E-state index in [1.807, 2.05) is 49.4 Å². The Kier molecular flexibility index (Phi) is 9.07. The fourth-order valence-corrected chi connectivity index (χ4v) is 6.24. The van der Waals surface area contributed by atoms with Crippen molar-refractivity contribution >= 4 is 15.9 Å². The van der Waals surface area contributed by atoms with Gasteiger partial charge in [-0.15, -0.1) is 0 Å². The number of aliphatic hydroxyl groups excluding tert-OH is 1. The highest BCUT2D eigenvalue weighted by Crippen LogP contribution is 2.32. The standard InChI is InChI=1S/C30H36N2O6S/c1-21-17-32(22(2)19-33)30(34)26-14-8-7-13-25(26)24-12-6-5-11-23(24)20-38-28(21)18-31(3)39(35,36)29-16-10-9-15-27(29)37-4/h5-16,21-22,28,33H,17-20H2,1-4H3/t21-,22-,28-/m1/s1. The Balaban J connectivity index is 1.74. The average molecular weight is 553 g/mol. The zero-order valence-corrected chi connectivity index (χ0v) is 23.6. The number of carbonyl (C=O) groups excluding carboxylic acids is 1. The molecule has 0 radical (unpaired) electrons. The molecule has 3 aromatic carbocycles. The van der Waals surface area contributed by atoms with Gasteiger partial charge in [-0.1, -0.05) is 61.5 Å². The van der Waals surface area contributed by atoms with Crippen LogP contribution < -0.4 is 4.74 Å². The molecule has 8 nitrogen and oxygen atoms in total. The predicted molar refractivity (Wildman–Crippen MR) is 150 cm³/mol. The first kappa shape index (κ1) is 28.8. The SMILES string of the molecule is COc1ccccc1S(=O)(=O)N(C)C[C@H]1OCc2ccccc2-c2ccccc2C(=O)N([C@H](C)CO)C[C@H]1C. The minimum Gasteiger partial charge on any atom is -0.495 e. The van der Waals surface area contributed by atoms with Gasteiger partial charge in [-0.05, 0) is 41.8 Å². The van der Waals surface area contributed by atoms with Crippen LogP contribution in [0.4, 0.5) is 0 Å². The molecule has 1 amide bonds. The van der Waals surface area contributed by atoms with Gasteiger partial charge < -0.3 is 19.5 Å². The van der Waals surface area contributed by atoms with E-state index < -0.39 is 22.2 Å². The second kappa shape index (κ2) is 12.3. The lowest BCUT2D eigenvalue weighted by atomic mass is 9.94. The lowest BCUT2D eigenvalue weighted by Gasteiger charge is -2.35. The number of sulfonamides is 1. The summed E-state index contributed by atoms with van der Waals surface area (Å²) in [5.41, 5.74) is 3.11. The van der Waals surface area contributed by atoms with Crippen LogP contribution in [-0.4, -0.2) is 74.6 Å². The third kappa shape index (κ3) is 6.01. The van der Waals surface area contributed by atoms with Gasteiger partial charge in [0.2, 0.25) is 10.0 Å². The quantitative estimate of drug-likeness (QED) is 0.475. The van der Waals surface area contributed by atoms with Crippen LogP contribution >= 0.6 is 0 Å². The second-order valence-electron chi connectivity index (χ2n) is 9.95. The van der Waals surface area contributed by atoms with E-state index in [1.54, 1.807) is 36.1 Å². The second-order valence-corrected chi connectivity index (χ2v) is 12.0. The molecule has 208 valence electrons. The number of aliphatic hydroxyl groups is 1. The van der Waals surface area contributed by atoms with Gasteiger partial charge in [-0.2, -0.15) is 4.31 Å². The Labute approximate surface area is 230 Å². The number of methoxy groups -OCH3 is 1. The van der Waals surface area contributed by atoms with Crippen molar-refractivity contribution in [1.29, 1.82) is 0 Å². The number of ether oxygens (including phenoxy) is 2. The number of amides is 1. The molecular weight excluding hydrogens is 516 g/mol. The van der Waals surface area contributed by atoms with Crippen LogP contribution in [0.1, 0.15) is 29.8 Å². The van der Waals surface area contributed by atoms with E-state index in [0.717, 1.165) is 16.7 Å². The van der Waals surface area contributed by atoms with Crippen molar-refractivity contribution in [3.05, 3.63) is 83.9 Å². The summed E-state index contributed by atoms with van der Waals surface area (Å²) < 4.78 is 40.1. The number of rotatable bonds is 7. The van der Waals surface area contributed by atoms with E-state index in [4.69, 9.17) is 9.47 Å². The van der Waals surface area contributed by atoms with Gasteiger partial charge in [0.15, 0.2) is 0 Å². The van der Waals surface area contributed by atoms with Crippen LogP contribution in [0.5, 0.6) is 5.75 Å². The number of fused-ring (bicyclic) bond motifs is 3. The molecule has 3 atom stereocenters. The molecular formula is C30H36N2O6S. The fourth-order valence-electron chi connectivity index (χ4n) is 4.90. The summed E-state index contributed by atoms with van der Waals surface area (Å²) in [4.78, 5) is 15.7. The molecule has 9 heteroatoms. The van der Waals surface area contributed by atoms with Gasteiger partial charge in [0.05, 0.1) is 32.5 Å². The van der Waals surface area contributed by atoms with Gasteiger partial charge in [0.25, 0.3) is 5.91 Å². The summed E-state index contributed by atoms with van der Waals surface area (Å²) in [5.74, 6) is -0.180. The highest BCUT2D eigenvalue weighted by Gasteiger charge is 2.33. The Morgan fingerprint density at radius 2 is 1.64 bits per heavy atom. The number of nitrogens with zero attached hydrogens (tertiary/aromatic N) is 2. The number of para-hydroxylation sites is 1. The average Bonchev–Trinajstić information content (AvgIpc) is 2.98. The third-order valence-electron chi connectivity index (χ3n) is 7.29. The third-order valence-corrected chi connectivity index (χ3v) is 9.15. The van der Waals surface area contributed by atoms with E-state index in [-0.39, 0.29) is 48.8 Å². The maximum absolute atomic E-state index is 13.9. The molecule has 0 bridgehead atoms. The van der Waals surface area contributed by atoms with Crippen LogP contribution in [0, 0.1) is 5.92 Å². The monoisotopic (exact) mass is 552 g/mol. The minimum atomic E-state index is -3.89. The summed E-state index contributed by atoms with van der Waals surface area (Å²) in [6.07, 6.45) is -0.546. The number of likely N-dealkylation sites (N-methyl/N-ethyl adjacent to an activating group) is 1. The van der Waals surface area contributed by atoms with E-state index >= 15 is 0 Å². The normalized spacial score (nSPS) is 19.1. The molecule has 0 spiro atoms. The maximum atomic E-state index is 13.9. The zero-order chi connectivity index (χ0) is 28.2. The largest absolute Gasteiger partial charge is 0.495 e. The molecule has 3 aromatic rings. The Morgan fingerprint density at radius 3 is 2.33 bits per heavy atom. The first-order valence-corrected chi connectivity index (χ1v) is 14.4. The first-order chi connectivity index (χ1) is 18.7. The van der Waals surface area contributed by atoms with Crippen molar-refractivity contribution in [3.8, 4) is 16.9 Å². The molecule has 0 aromatic heterocycles. The zero-order valence-electron chi connectivity index (χ0n) is 22.8. The van der Waals surface area contributed by atoms with E-state index in [1.165, 1.54) is 24.5 Å². The van der Waals surface area contributed by atoms with Crippen molar-refractivity contribution in [2.45, 2.75) is 37.5 Å². The van der Waals surface area contributed by atoms with E-state index in [9.17, 15) is 18.3 Å². The van der Waals surface area contributed by atoms with Crippen LogP contribution in [0.2, 0.25) is 0 Å². The molecule has 0 aliphatic carbocycles. The number of carbonyl (C=O) groups is 1. The first-order valence-electron chi connectivity index (χ1n) is 13.0. The van der Waals surface area contributed by atoms with Gasteiger partial charge in [0.1, 0.15) is 10.6 Å². The number of hydrogen-bond donors (Lipinski definition) is 1. The Morgan fingerprint density at radius 1 is 1.03 bits per heavy atom. The number of hydrogen-bond acceptors (Lipinski definition) is 6. The summed E-state index contributed by atoms with van der Waals surface area (Å²) in [6, 6.07) is 21.3. The van der Waals surface area contributed by atoms with Crippen molar-refractivity contribution < 1.29 is 27.8 Å². The van der Waals surface area contributed by atoms with Gasteiger partial charge >= 0.3 is 0 Å². The van der Waals surface area contributed by atoms with Crippen LogP contribution in [0.15, 0.2) is 77.7 Å². The number of benzene rings is 3. The maximum Gasteiger partial charge on any atom is 0.254 e. The molecule has 1 heterocycles. The predicted octanol–water partition coefficient (Wildman–Crippen LogP) is 4.04. The topological polar surface area (TPSA) is 96.4 Å². The van der Waals surface area contributed by atoms with Crippen LogP contribution in [0.3, 0.4) is 0 Å². The smallest absolute Gasteiger partial charge is 0.254 e. The lowest BCUT2D eigenvalue weighted by Crippen LogP contribution is -2.47. The molecule has 4 rings (SSSR count). The summed E-state index contributed by atoms with van der Waals surface area (Å²) in [7, 11) is -0.933. The molecule has 39 heavy (non-hydrogen) atoms. The highest BCUT2D eigenvalue weighted by atomic mass is 32.2. The molecule has 0 saturated carbocycles. The molecule has 1 aliphatic rings. The molecule has 1 aliphatic heterocycles. The summed E-state index contributed by atoms with van der Waals surface area (Å²) in [5, 5.41) is 10.0. The van der Waals surface area contributed by atoms with Crippen LogP contribution in [0.25, 0.3) is 11.1 Å². The Bertz CT molecular complexity index is 1410. The summed E-state index contributed by atoms with van der Waals surface area (Å²) >= 11 is 0. The molecule has 0 saturated heterocycles. The Hall–Kier alpha value is -3.24. The minimum absolute atomic E-state index is 0.0617. The van der Waals surface area contributed by atoms with E-state index in [0.29, 0.717) is 5.56 Å². The van der Waals surface area contributed by atoms with E-state index in [2.05, 4.69) is 0 Å². The van der Waals surface area contributed by atoms with Gasteiger partial charge in [-0.3, -0.25) is 4.79 Å². The van der Waals surface area contributed by atoms with Gasteiger partial charge in [-0.25, -0.2) is 8.42 Å². The van der Waals surface area contributed by atoms with Gasteiger partial charge in [0, 0.05) is 31.6 Å². The van der Waals surface area contributed by atoms with Crippen molar-refractivity contribution in [3.63, 3.8) is 0 Å².